The minimum absolute atomic E-state index is 0.247. The maximum atomic E-state index is 9.80. The number of thiophene rings is 1. The molecule has 0 fully saturated rings. The van der Waals surface area contributed by atoms with Crippen LogP contribution in [0.2, 0.25) is 0 Å². The molecular weight excluding hydrogens is 280 g/mol. The highest BCUT2D eigenvalue weighted by Gasteiger charge is 2.14. The van der Waals surface area contributed by atoms with Crippen LogP contribution in [0.3, 0.4) is 0 Å². The molecule has 0 radical (unpaired) electrons. The van der Waals surface area contributed by atoms with Crippen molar-refractivity contribution in [2.24, 2.45) is 0 Å². The van der Waals surface area contributed by atoms with E-state index in [1.165, 1.54) is 0 Å². The molecule has 0 saturated heterocycles. The molecule has 0 aliphatic rings. The molecule has 0 bridgehead atoms. The van der Waals surface area contributed by atoms with E-state index in [-0.39, 0.29) is 5.75 Å². The molecule has 1 N–H and O–H groups in total. The topological polar surface area (TPSA) is 38.1 Å². The fourth-order valence-corrected chi connectivity index (χ4v) is 3.12. The lowest BCUT2D eigenvalue weighted by atomic mass is 10.2. The van der Waals surface area contributed by atoms with Crippen molar-refractivity contribution in [1.82, 2.24) is 9.55 Å². The Bertz CT molecular complexity index is 895. The van der Waals surface area contributed by atoms with Crippen molar-refractivity contribution < 1.29 is 5.11 Å². The van der Waals surface area contributed by atoms with Crippen LogP contribution >= 0.6 is 11.3 Å². The number of aromatic hydroxyl groups is 1. The van der Waals surface area contributed by atoms with Gasteiger partial charge in [0.25, 0.3) is 0 Å². The van der Waals surface area contributed by atoms with Gasteiger partial charge in [-0.1, -0.05) is 18.2 Å². The summed E-state index contributed by atoms with van der Waals surface area (Å²) in [4.78, 5) is 4.73. The number of aromatic nitrogens is 2. The Morgan fingerprint density at radius 2 is 1.86 bits per heavy atom. The summed E-state index contributed by atoms with van der Waals surface area (Å²) in [5.74, 6) is 1.14. The highest BCUT2D eigenvalue weighted by molar-refractivity contribution is 7.08. The van der Waals surface area contributed by atoms with Gasteiger partial charge in [-0.2, -0.15) is 11.3 Å². The van der Waals surface area contributed by atoms with Gasteiger partial charge in [0.2, 0.25) is 0 Å². The summed E-state index contributed by atoms with van der Waals surface area (Å²) >= 11 is 1.65. The Labute approximate surface area is 125 Å². The van der Waals surface area contributed by atoms with Crippen molar-refractivity contribution in [1.29, 1.82) is 0 Å². The average molecular weight is 292 g/mol. The van der Waals surface area contributed by atoms with Crippen LogP contribution in [0, 0.1) is 0 Å². The Hall–Kier alpha value is -2.59. The van der Waals surface area contributed by atoms with Gasteiger partial charge in [0.1, 0.15) is 11.6 Å². The largest absolute Gasteiger partial charge is 0.508 e. The molecule has 0 amide bonds. The molecule has 3 nitrogen and oxygen atoms in total. The first-order valence-corrected chi connectivity index (χ1v) is 7.57. The van der Waals surface area contributed by atoms with Crippen LogP contribution in [0.4, 0.5) is 0 Å². The highest BCUT2D eigenvalue weighted by Crippen LogP contribution is 2.31. The van der Waals surface area contributed by atoms with Crippen LogP contribution in [-0.2, 0) is 0 Å². The predicted octanol–water partition coefficient (Wildman–Crippen LogP) is 4.46. The number of phenols is 1. The van der Waals surface area contributed by atoms with Crippen molar-refractivity contribution in [3.8, 4) is 22.8 Å². The number of hydrogen-bond donors (Lipinski definition) is 1. The van der Waals surface area contributed by atoms with E-state index in [1.807, 2.05) is 41.8 Å². The zero-order valence-corrected chi connectivity index (χ0v) is 11.9. The lowest BCUT2D eigenvalue weighted by molar-refractivity contribution is 0.476. The average Bonchev–Trinajstić information content (AvgIpc) is 3.14. The van der Waals surface area contributed by atoms with Crippen LogP contribution in [0.5, 0.6) is 5.75 Å². The summed E-state index contributed by atoms with van der Waals surface area (Å²) < 4.78 is 2.08. The number of para-hydroxylation sites is 1. The first-order chi connectivity index (χ1) is 10.3. The van der Waals surface area contributed by atoms with E-state index in [4.69, 9.17) is 4.98 Å². The van der Waals surface area contributed by atoms with Gasteiger partial charge in [-0.05, 0) is 35.7 Å². The van der Waals surface area contributed by atoms with Crippen molar-refractivity contribution in [3.05, 3.63) is 65.4 Å². The van der Waals surface area contributed by atoms with Gasteiger partial charge in [-0.15, -0.1) is 0 Å². The van der Waals surface area contributed by atoms with Crippen LogP contribution in [-0.4, -0.2) is 14.7 Å². The Morgan fingerprint density at radius 1 is 1.00 bits per heavy atom. The third-order valence-electron chi connectivity index (χ3n) is 3.43. The summed E-state index contributed by atoms with van der Waals surface area (Å²) in [6.45, 7) is 0. The number of nitrogens with zero attached hydrogens (tertiary/aromatic N) is 2. The smallest absolute Gasteiger partial charge is 0.146 e. The van der Waals surface area contributed by atoms with E-state index in [0.29, 0.717) is 0 Å². The Morgan fingerprint density at radius 3 is 2.62 bits per heavy atom. The van der Waals surface area contributed by atoms with Crippen molar-refractivity contribution >= 4 is 22.4 Å². The molecular formula is C17H12N2OS. The third-order valence-corrected chi connectivity index (χ3v) is 4.12. The van der Waals surface area contributed by atoms with Crippen molar-refractivity contribution in [3.63, 3.8) is 0 Å². The van der Waals surface area contributed by atoms with Crippen LogP contribution in [0.25, 0.3) is 28.1 Å². The highest BCUT2D eigenvalue weighted by atomic mass is 32.1. The standard InChI is InChI=1S/C17H12N2OS/c20-14-6-7-15-16(10-14)19(13-4-2-1-3-5-13)17(18-15)12-8-9-21-11-12/h1-11,20H. The Kier molecular flexibility index (Phi) is 2.75. The lowest BCUT2D eigenvalue weighted by Gasteiger charge is -2.08. The van der Waals surface area contributed by atoms with Crippen LogP contribution in [0.1, 0.15) is 0 Å². The first kappa shape index (κ1) is 12.2. The lowest BCUT2D eigenvalue weighted by Crippen LogP contribution is -1.96. The fourth-order valence-electron chi connectivity index (χ4n) is 2.49. The number of phenolic OH excluding ortho intramolecular Hbond substituents is 1. The van der Waals surface area contributed by atoms with Gasteiger partial charge >= 0.3 is 0 Å². The summed E-state index contributed by atoms with van der Waals surface area (Å²) in [7, 11) is 0. The Balaban J connectivity index is 2.09. The van der Waals surface area contributed by atoms with Crippen LogP contribution in [0.15, 0.2) is 65.4 Å². The van der Waals surface area contributed by atoms with Gasteiger partial charge in [-0.3, -0.25) is 4.57 Å². The molecule has 21 heavy (non-hydrogen) atoms. The second kappa shape index (κ2) is 4.75. The third kappa shape index (κ3) is 2.00. The molecule has 0 aliphatic carbocycles. The zero-order chi connectivity index (χ0) is 14.2. The van der Waals surface area contributed by atoms with E-state index in [0.717, 1.165) is 28.1 Å². The molecule has 2 aromatic carbocycles. The van der Waals surface area contributed by atoms with Gasteiger partial charge in [0.15, 0.2) is 0 Å². The quantitative estimate of drug-likeness (QED) is 0.592. The molecule has 102 valence electrons. The summed E-state index contributed by atoms with van der Waals surface area (Å²) in [5.41, 5.74) is 3.89. The van der Waals surface area contributed by atoms with E-state index < -0.39 is 0 Å². The second-order valence-electron chi connectivity index (χ2n) is 4.79. The monoisotopic (exact) mass is 292 g/mol. The van der Waals surface area contributed by atoms with Gasteiger partial charge < -0.3 is 5.11 Å². The second-order valence-corrected chi connectivity index (χ2v) is 5.57. The predicted molar refractivity (Wildman–Crippen MR) is 86.0 cm³/mol. The molecule has 0 unspecified atom stereocenters. The summed E-state index contributed by atoms with van der Waals surface area (Å²) in [6, 6.07) is 17.4. The maximum Gasteiger partial charge on any atom is 0.146 e. The van der Waals surface area contributed by atoms with E-state index in [1.54, 1.807) is 23.5 Å². The van der Waals surface area contributed by atoms with E-state index in [2.05, 4.69) is 16.0 Å². The molecule has 4 aromatic rings. The number of benzene rings is 2. The number of rotatable bonds is 2. The number of fused-ring (bicyclic) bond motifs is 1. The molecule has 0 saturated carbocycles. The molecule has 4 heteroatoms. The van der Waals surface area contributed by atoms with Gasteiger partial charge in [-0.25, -0.2) is 4.98 Å². The fraction of sp³-hybridized carbons (Fsp3) is 0. The van der Waals surface area contributed by atoms with E-state index in [9.17, 15) is 5.11 Å². The molecule has 4 rings (SSSR count). The molecule has 2 aromatic heterocycles. The zero-order valence-electron chi connectivity index (χ0n) is 11.1. The first-order valence-electron chi connectivity index (χ1n) is 6.62. The summed E-state index contributed by atoms with van der Waals surface area (Å²) in [6.07, 6.45) is 0. The number of imidazole rings is 1. The number of hydrogen-bond acceptors (Lipinski definition) is 3. The van der Waals surface area contributed by atoms with Gasteiger partial charge in [0, 0.05) is 22.7 Å². The minimum atomic E-state index is 0.247. The minimum Gasteiger partial charge on any atom is -0.508 e. The summed E-state index contributed by atoms with van der Waals surface area (Å²) in [5, 5.41) is 13.9. The van der Waals surface area contributed by atoms with E-state index >= 15 is 0 Å². The SMILES string of the molecule is Oc1ccc2nc(-c3ccsc3)n(-c3ccccc3)c2c1. The normalized spacial score (nSPS) is 11.0. The van der Waals surface area contributed by atoms with Gasteiger partial charge in [0.05, 0.1) is 11.0 Å². The molecule has 0 atom stereocenters. The molecule has 0 spiro atoms. The molecule has 2 heterocycles. The van der Waals surface area contributed by atoms with Crippen LogP contribution < -0.4 is 0 Å². The van der Waals surface area contributed by atoms with Crippen molar-refractivity contribution in [2.45, 2.75) is 0 Å². The van der Waals surface area contributed by atoms with Crippen molar-refractivity contribution in [2.75, 3.05) is 0 Å². The molecule has 0 aliphatic heterocycles. The maximum absolute atomic E-state index is 9.80.